The van der Waals surface area contributed by atoms with Crippen LogP contribution in [0.15, 0.2) is 23.7 Å². The van der Waals surface area contributed by atoms with Gasteiger partial charge in [-0.1, -0.05) is 6.07 Å². The van der Waals surface area contributed by atoms with Crippen LogP contribution in [0.25, 0.3) is 0 Å². The number of carbonyl (C=O) groups is 2. The summed E-state index contributed by atoms with van der Waals surface area (Å²) in [5.41, 5.74) is 1.75. The van der Waals surface area contributed by atoms with Gasteiger partial charge in [0.15, 0.2) is 0 Å². The lowest BCUT2D eigenvalue weighted by atomic mass is 9.82. The summed E-state index contributed by atoms with van der Waals surface area (Å²) in [5, 5.41) is 10.3. The monoisotopic (exact) mass is 529 g/mol. The predicted molar refractivity (Wildman–Crippen MR) is 127 cm³/mol. The number of methoxy groups -OCH3 is 1. The molecule has 0 aliphatic carbocycles. The molecule has 0 atom stereocenters. The topological polar surface area (TPSA) is 99.1 Å². The molecule has 0 unspecified atom stereocenters. The maximum absolute atomic E-state index is 13.3. The van der Waals surface area contributed by atoms with Crippen LogP contribution in [-0.4, -0.2) is 93.7 Å². The van der Waals surface area contributed by atoms with Gasteiger partial charge in [-0.3, -0.25) is 14.6 Å². The number of ether oxygens (including phenoxy) is 1. The van der Waals surface area contributed by atoms with E-state index in [-0.39, 0.29) is 5.91 Å². The Labute approximate surface area is 211 Å². The number of likely N-dealkylation sites (N-methyl/N-ethyl adjacent to an activating group) is 1. The van der Waals surface area contributed by atoms with Crippen molar-refractivity contribution >= 4 is 23.2 Å². The van der Waals surface area contributed by atoms with Gasteiger partial charge in [-0.25, -0.2) is 14.8 Å². The molecule has 198 valence electrons. The lowest BCUT2D eigenvalue weighted by molar-refractivity contribution is -0.192. The molecule has 13 heteroatoms. The second-order valence-electron chi connectivity index (χ2n) is 8.79. The molecule has 4 rings (SSSR count). The van der Waals surface area contributed by atoms with Crippen LogP contribution in [0.1, 0.15) is 29.1 Å². The molecule has 4 heterocycles. The number of alkyl halides is 3. The maximum atomic E-state index is 13.3. The van der Waals surface area contributed by atoms with E-state index >= 15 is 0 Å². The summed E-state index contributed by atoms with van der Waals surface area (Å²) in [4.78, 5) is 37.8. The van der Waals surface area contributed by atoms with E-state index in [2.05, 4.69) is 31.2 Å². The Morgan fingerprint density at radius 2 is 1.89 bits per heavy atom. The van der Waals surface area contributed by atoms with Crippen molar-refractivity contribution in [2.45, 2.75) is 44.6 Å². The zero-order valence-electron chi connectivity index (χ0n) is 20.4. The average Bonchev–Trinajstić information content (AvgIpc) is 3.25. The Kier molecular flexibility index (Phi) is 8.90. The Morgan fingerprint density at radius 3 is 2.44 bits per heavy atom. The molecule has 2 aliphatic heterocycles. The van der Waals surface area contributed by atoms with Crippen molar-refractivity contribution in [3.63, 3.8) is 0 Å². The third kappa shape index (κ3) is 6.51. The fraction of sp³-hybridized carbons (Fsp3) is 0.565. The SMILES string of the molecule is COc1ncccc1CN1CCC2(CC1)C(=O)N(C)CCN2Cc1csc(C)n1.O=C(O)C(F)(F)F. The summed E-state index contributed by atoms with van der Waals surface area (Å²) < 4.78 is 37.1. The van der Waals surface area contributed by atoms with Crippen molar-refractivity contribution in [3.05, 3.63) is 40.0 Å². The summed E-state index contributed by atoms with van der Waals surface area (Å²) in [7, 11) is 3.59. The fourth-order valence-electron chi connectivity index (χ4n) is 4.56. The Hall–Kier alpha value is -2.77. The van der Waals surface area contributed by atoms with E-state index in [1.807, 2.05) is 24.9 Å². The summed E-state index contributed by atoms with van der Waals surface area (Å²) in [6.45, 7) is 7.01. The van der Waals surface area contributed by atoms with Gasteiger partial charge in [0.2, 0.25) is 11.8 Å². The number of thiazole rings is 1. The molecular formula is C23H30F3N5O4S. The number of aromatic nitrogens is 2. The summed E-state index contributed by atoms with van der Waals surface area (Å²) >= 11 is 1.68. The van der Waals surface area contributed by atoms with Gasteiger partial charge in [-0.15, -0.1) is 11.3 Å². The number of hydrogen-bond acceptors (Lipinski definition) is 8. The number of nitrogens with zero attached hydrogens (tertiary/aromatic N) is 5. The number of piperidine rings is 1. The van der Waals surface area contributed by atoms with Gasteiger partial charge in [0.25, 0.3) is 0 Å². The van der Waals surface area contributed by atoms with Crippen LogP contribution in [0, 0.1) is 6.92 Å². The number of carboxylic acids is 1. The minimum atomic E-state index is -5.08. The van der Waals surface area contributed by atoms with E-state index in [1.54, 1.807) is 24.6 Å². The maximum Gasteiger partial charge on any atom is 0.490 e. The van der Waals surface area contributed by atoms with Gasteiger partial charge < -0.3 is 14.7 Å². The molecule has 2 aromatic heterocycles. The number of rotatable bonds is 5. The number of aryl methyl sites for hydroxylation is 1. The van der Waals surface area contributed by atoms with Crippen LogP contribution in [0.3, 0.4) is 0 Å². The number of halogens is 3. The van der Waals surface area contributed by atoms with Gasteiger partial charge in [0, 0.05) is 63.5 Å². The first-order chi connectivity index (χ1) is 17.0. The Balaban J connectivity index is 0.000000454. The predicted octanol–water partition coefficient (Wildman–Crippen LogP) is 2.80. The van der Waals surface area contributed by atoms with E-state index < -0.39 is 17.7 Å². The molecule has 9 nitrogen and oxygen atoms in total. The van der Waals surface area contributed by atoms with E-state index in [4.69, 9.17) is 14.6 Å². The highest BCUT2D eigenvalue weighted by Crippen LogP contribution is 2.35. The molecule has 1 N–H and O–H groups in total. The molecule has 36 heavy (non-hydrogen) atoms. The van der Waals surface area contributed by atoms with Crippen LogP contribution in [0.2, 0.25) is 0 Å². The van der Waals surface area contributed by atoms with E-state index in [1.165, 1.54) is 0 Å². The van der Waals surface area contributed by atoms with Gasteiger partial charge in [-0.05, 0) is 25.8 Å². The van der Waals surface area contributed by atoms with Crippen LogP contribution >= 0.6 is 11.3 Å². The van der Waals surface area contributed by atoms with Crippen molar-refractivity contribution in [1.82, 2.24) is 24.7 Å². The highest BCUT2D eigenvalue weighted by atomic mass is 32.1. The lowest BCUT2D eigenvalue weighted by Gasteiger charge is -2.52. The number of carbonyl (C=O) groups excluding carboxylic acids is 1. The van der Waals surface area contributed by atoms with Crippen molar-refractivity contribution < 1.29 is 32.6 Å². The number of carboxylic acid groups (broad SMARTS) is 1. The van der Waals surface area contributed by atoms with Crippen molar-refractivity contribution in [1.29, 1.82) is 0 Å². The molecule has 2 aromatic rings. The minimum Gasteiger partial charge on any atom is -0.481 e. The van der Waals surface area contributed by atoms with Crippen LogP contribution in [0.4, 0.5) is 13.2 Å². The third-order valence-electron chi connectivity index (χ3n) is 6.44. The van der Waals surface area contributed by atoms with Gasteiger partial charge >= 0.3 is 12.1 Å². The first-order valence-corrected chi connectivity index (χ1v) is 12.3. The van der Waals surface area contributed by atoms with Crippen LogP contribution < -0.4 is 4.74 Å². The Morgan fingerprint density at radius 1 is 1.22 bits per heavy atom. The first kappa shape index (κ1) is 27.8. The molecule has 1 amide bonds. The fourth-order valence-corrected chi connectivity index (χ4v) is 5.17. The lowest BCUT2D eigenvalue weighted by Crippen LogP contribution is -2.67. The third-order valence-corrected chi connectivity index (χ3v) is 7.26. The molecule has 0 aromatic carbocycles. The van der Waals surface area contributed by atoms with Crippen molar-refractivity contribution in [2.75, 3.05) is 40.3 Å². The van der Waals surface area contributed by atoms with Gasteiger partial charge in [0.05, 0.1) is 17.8 Å². The molecule has 0 bridgehead atoms. The number of aliphatic carboxylic acids is 1. The molecule has 2 saturated heterocycles. The number of amides is 1. The Bertz CT molecular complexity index is 1060. The number of pyridine rings is 1. The highest BCUT2D eigenvalue weighted by molar-refractivity contribution is 7.09. The molecule has 1 spiro atoms. The van der Waals surface area contributed by atoms with Gasteiger partial charge in [-0.2, -0.15) is 13.2 Å². The second-order valence-corrected chi connectivity index (χ2v) is 9.85. The summed E-state index contributed by atoms with van der Waals surface area (Å²) in [6, 6.07) is 4.01. The van der Waals surface area contributed by atoms with E-state index in [0.717, 1.165) is 68.4 Å². The molecule has 2 aliphatic rings. The van der Waals surface area contributed by atoms with Crippen molar-refractivity contribution in [3.8, 4) is 5.88 Å². The normalized spacial score (nSPS) is 18.6. The minimum absolute atomic E-state index is 0.259. The number of hydrogen-bond donors (Lipinski definition) is 1. The molecule has 2 fully saturated rings. The number of likely N-dealkylation sites (tertiary alicyclic amines) is 1. The van der Waals surface area contributed by atoms with E-state index in [0.29, 0.717) is 5.88 Å². The smallest absolute Gasteiger partial charge is 0.481 e. The standard InChI is InChI=1S/C21H29N5O2S.C2HF3O2/c1-16-23-18(15-29-16)14-26-12-11-24(2)20(27)21(26)6-9-25(10-7-21)13-17-5-4-8-22-19(17)28-3;3-2(4,5)1(6)7/h4-5,8,15H,6-7,9-14H2,1-3H3;(H,6,7). The molecule has 0 saturated carbocycles. The highest BCUT2D eigenvalue weighted by Gasteiger charge is 2.50. The number of piperazine rings is 1. The summed E-state index contributed by atoms with van der Waals surface area (Å²) in [6.07, 6.45) is -1.66. The zero-order chi connectivity index (χ0) is 26.5. The largest absolute Gasteiger partial charge is 0.490 e. The second kappa shape index (κ2) is 11.5. The van der Waals surface area contributed by atoms with E-state index in [9.17, 15) is 18.0 Å². The zero-order valence-corrected chi connectivity index (χ0v) is 21.2. The molecule has 0 radical (unpaired) electrons. The van der Waals surface area contributed by atoms with Crippen molar-refractivity contribution in [2.24, 2.45) is 0 Å². The van der Waals surface area contributed by atoms with Crippen LogP contribution in [0.5, 0.6) is 5.88 Å². The quantitative estimate of drug-likeness (QED) is 0.632. The van der Waals surface area contributed by atoms with Crippen LogP contribution in [-0.2, 0) is 22.7 Å². The van der Waals surface area contributed by atoms with Gasteiger partial charge in [0.1, 0.15) is 5.54 Å². The first-order valence-electron chi connectivity index (χ1n) is 11.4. The average molecular weight is 530 g/mol. The molecular weight excluding hydrogens is 499 g/mol. The summed E-state index contributed by atoms with van der Waals surface area (Å²) in [5.74, 6) is -1.82.